The summed E-state index contributed by atoms with van der Waals surface area (Å²) < 4.78 is 1.70. The Balaban J connectivity index is 1.77. The minimum absolute atomic E-state index is 0.00260. The number of hydrogen-bond acceptors (Lipinski definition) is 4. The fourth-order valence-electron chi connectivity index (χ4n) is 2.24. The summed E-state index contributed by atoms with van der Waals surface area (Å²) in [6, 6.07) is 9.83. The van der Waals surface area contributed by atoms with Crippen molar-refractivity contribution in [3.05, 3.63) is 64.9 Å². The van der Waals surface area contributed by atoms with Crippen molar-refractivity contribution in [2.75, 3.05) is 7.05 Å². The molecule has 0 aliphatic rings. The standard InChI is InChI=1S/C16H16N4OS/c1-12(19(2)16(21)14-7-8-22-9-14)13-3-5-15(6-4-13)20-11-17-10-18-20/h3-12H,1-2H3/t12-/m0/s1. The van der Waals surface area contributed by atoms with Gasteiger partial charge in [0.2, 0.25) is 0 Å². The Bertz CT molecular complexity index is 735. The van der Waals surface area contributed by atoms with E-state index in [-0.39, 0.29) is 11.9 Å². The van der Waals surface area contributed by atoms with Gasteiger partial charge in [0.1, 0.15) is 12.7 Å². The molecule has 0 N–H and O–H groups in total. The molecule has 2 aromatic heterocycles. The Hall–Kier alpha value is -2.47. The molecule has 0 bridgehead atoms. The van der Waals surface area contributed by atoms with Gasteiger partial charge in [0.25, 0.3) is 5.91 Å². The van der Waals surface area contributed by atoms with E-state index in [9.17, 15) is 4.79 Å². The quantitative estimate of drug-likeness (QED) is 0.743. The van der Waals surface area contributed by atoms with E-state index >= 15 is 0 Å². The number of carbonyl (C=O) groups is 1. The molecule has 112 valence electrons. The van der Waals surface area contributed by atoms with Gasteiger partial charge >= 0.3 is 0 Å². The fraction of sp³-hybridized carbons (Fsp3) is 0.188. The Kier molecular flexibility index (Phi) is 4.02. The van der Waals surface area contributed by atoms with Crippen LogP contribution in [0.15, 0.2) is 53.7 Å². The number of carbonyl (C=O) groups excluding carboxylic acids is 1. The van der Waals surface area contributed by atoms with E-state index < -0.39 is 0 Å². The van der Waals surface area contributed by atoms with Crippen LogP contribution in [0.5, 0.6) is 0 Å². The lowest BCUT2D eigenvalue weighted by Gasteiger charge is -2.25. The maximum Gasteiger partial charge on any atom is 0.254 e. The van der Waals surface area contributed by atoms with Crippen molar-refractivity contribution in [2.24, 2.45) is 0 Å². The maximum atomic E-state index is 12.4. The summed E-state index contributed by atoms with van der Waals surface area (Å²) in [5.74, 6) is 0.0362. The number of hydrogen-bond donors (Lipinski definition) is 0. The number of aromatic nitrogens is 3. The maximum absolute atomic E-state index is 12.4. The van der Waals surface area contributed by atoms with Crippen LogP contribution in [0, 0.1) is 0 Å². The molecule has 0 unspecified atom stereocenters. The summed E-state index contributed by atoms with van der Waals surface area (Å²) in [7, 11) is 1.83. The predicted octanol–water partition coefficient (Wildman–Crippen LogP) is 3.16. The minimum atomic E-state index is -0.00260. The first-order chi connectivity index (χ1) is 10.7. The molecule has 3 rings (SSSR count). The average molecular weight is 312 g/mol. The highest BCUT2D eigenvalue weighted by atomic mass is 32.1. The highest BCUT2D eigenvalue weighted by molar-refractivity contribution is 7.08. The lowest BCUT2D eigenvalue weighted by Crippen LogP contribution is -2.29. The van der Waals surface area contributed by atoms with Crippen molar-refractivity contribution < 1.29 is 4.79 Å². The van der Waals surface area contributed by atoms with Crippen LogP contribution in [-0.2, 0) is 0 Å². The molecule has 3 aromatic rings. The molecule has 6 heteroatoms. The van der Waals surface area contributed by atoms with Crippen LogP contribution in [0.3, 0.4) is 0 Å². The normalized spacial score (nSPS) is 12.1. The summed E-state index contributed by atoms with van der Waals surface area (Å²) in [5.41, 5.74) is 2.76. The van der Waals surface area contributed by atoms with Crippen LogP contribution in [0.2, 0.25) is 0 Å². The van der Waals surface area contributed by atoms with Crippen LogP contribution >= 0.6 is 11.3 Å². The van der Waals surface area contributed by atoms with E-state index in [1.165, 1.54) is 17.7 Å². The Morgan fingerprint density at radius 2 is 2.05 bits per heavy atom. The smallest absolute Gasteiger partial charge is 0.254 e. The third-order valence-electron chi connectivity index (χ3n) is 3.73. The van der Waals surface area contributed by atoms with Gasteiger partial charge in [-0.05, 0) is 36.1 Å². The SMILES string of the molecule is C[C@@H](c1ccc(-n2cncn2)cc1)N(C)C(=O)c1ccsc1. The van der Waals surface area contributed by atoms with Gasteiger partial charge in [-0.2, -0.15) is 16.4 Å². The van der Waals surface area contributed by atoms with Crippen LogP contribution in [-0.4, -0.2) is 32.6 Å². The fourth-order valence-corrected chi connectivity index (χ4v) is 2.87. The molecule has 0 aliphatic heterocycles. The average Bonchev–Trinajstić information content (AvgIpc) is 3.26. The molecule has 0 radical (unpaired) electrons. The van der Waals surface area contributed by atoms with Gasteiger partial charge in [0.05, 0.1) is 17.3 Å². The zero-order chi connectivity index (χ0) is 15.5. The summed E-state index contributed by atoms with van der Waals surface area (Å²) >= 11 is 1.53. The van der Waals surface area contributed by atoms with Gasteiger partial charge in [-0.3, -0.25) is 4.79 Å². The van der Waals surface area contributed by atoms with E-state index in [1.54, 1.807) is 15.9 Å². The Morgan fingerprint density at radius 1 is 1.27 bits per heavy atom. The van der Waals surface area contributed by atoms with Crippen molar-refractivity contribution in [1.29, 1.82) is 0 Å². The summed E-state index contributed by atoms with van der Waals surface area (Å²) in [4.78, 5) is 18.1. The van der Waals surface area contributed by atoms with E-state index in [0.29, 0.717) is 0 Å². The first-order valence-electron chi connectivity index (χ1n) is 6.91. The van der Waals surface area contributed by atoms with Crippen LogP contribution in [0.4, 0.5) is 0 Å². The molecule has 0 saturated heterocycles. The monoisotopic (exact) mass is 312 g/mol. The second kappa shape index (κ2) is 6.11. The van der Waals surface area contributed by atoms with Gasteiger partial charge in [-0.15, -0.1) is 0 Å². The molecule has 5 nitrogen and oxygen atoms in total. The second-order valence-electron chi connectivity index (χ2n) is 5.04. The summed E-state index contributed by atoms with van der Waals surface area (Å²) in [5, 5.41) is 7.89. The first-order valence-corrected chi connectivity index (χ1v) is 7.85. The van der Waals surface area contributed by atoms with Crippen molar-refractivity contribution in [3.63, 3.8) is 0 Å². The van der Waals surface area contributed by atoms with Crippen molar-refractivity contribution in [1.82, 2.24) is 19.7 Å². The zero-order valence-corrected chi connectivity index (χ0v) is 13.2. The Labute approximate surface area is 132 Å². The molecule has 1 amide bonds. The molecule has 0 spiro atoms. The third-order valence-corrected chi connectivity index (χ3v) is 4.41. The first kappa shape index (κ1) is 14.5. The van der Waals surface area contributed by atoms with E-state index in [1.807, 2.05) is 55.1 Å². The molecule has 0 fully saturated rings. The zero-order valence-electron chi connectivity index (χ0n) is 12.4. The van der Waals surface area contributed by atoms with Crippen LogP contribution in [0.1, 0.15) is 28.9 Å². The molecule has 2 heterocycles. The van der Waals surface area contributed by atoms with Crippen molar-refractivity contribution >= 4 is 17.2 Å². The highest BCUT2D eigenvalue weighted by Crippen LogP contribution is 2.22. The lowest BCUT2D eigenvalue weighted by atomic mass is 10.1. The van der Waals surface area contributed by atoms with Gasteiger partial charge < -0.3 is 4.90 Å². The molecular formula is C16H16N4OS. The number of amides is 1. The molecule has 0 saturated carbocycles. The molecular weight excluding hydrogens is 296 g/mol. The van der Waals surface area contributed by atoms with Gasteiger partial charge in [-0.25, -0.2) is 9.67 Å². The lowest BCUT2D eigenvalue weighted by molar-refractivity contribution is 0.0743. The summed E-state index contributed by atoms with van der Waals surface area (Å²) in [6.45, 7) is 2.02. The van der Waals surface area contributed by atoms with E-state index in [4.69, 9.17) is 0 Å². The topological polar surface area (TPSA) is 51.0 Å². The Morgan fingerprint density at radius 3 is 2.64 bits per heavy atom. The third kappa shape index (κ3) is 2.78. The minimum Gasteiger partial charge on any atom is -0.335 e. The number of rotatable bonds is 4. The van der Waals surface area contributed by atoms with Gasteiger partial charge in [-0.1, -0.05) is 12.1 Å². The van der Waals surface area contributed by atoms with E-state index in [2.05, 4.69) is 10.1 Å². The highest BCUT2D eigenvalue weighted by Gasteiger charge is 2.19. The second-order valence-corrected chi connectivity index (χ2v) is 5.82. The molecule has 22 heavy (non-hydrogen) atoms. The van der Waals surface area contributed by atoms with Crippen LogP contribution < -0.4 is 0 Å². The van der Waals surface area contributed by atoms with Crippen LogP contribution in [0.25, 0.3) is 5.69 Å². The predicted molar refractivity (Wildman–Crippen MR) is 86.2 cm³/mol. The van der Waals surface area contributed by atoms with E-state index in [0.717, 1.165) is 16.8 Å². The summed E-state index contributed by atoms with van der Waals surface area (Å²) in [6.07, 6.45) is 3.16. The van der Waals surface area contributed by atoms with Gasteiger partial charge in [0.15, 0.2) is 0 Å². The number of nitrogens with zero attached hydrogens (tertiary/aromatic N) is 4. The molecule has 1 atom stereocenters. The van der Waals surface area contributed by atoms with Crippen molar-refractivity contribution in [3.8, 4) is 5.69 Å². The number of benzene rings is 1. The number of thiophene rings is 1. The van der Waals surface area contributed by atoms with Gasteiger partial charge in [0, 0.05) is 12.4 Å². The largest absolute Gasteiger partial charge is 0.335 e. The molecule has 0 aliphatic carbocycles. The molecule has 1 aromatic carbocycles. The van der Waals surface area contributed by atoms with Crippen molar-refractivity contribution in [2.45, 2.75) is 13.0 Å².